The molecule has 1 aromatic heterocycles. The van der Waals surface area contributed by atoms with E-state index in [0.29, 0.717) is 17.2 Å². The summed E-state index contributed by atoms with van der Waals surface area (Å²) in [5, 5.41) is 25.9. The van der Waals surface area contributed by atoms with Gasteiger partial charge in [0.05, 0.1) is 11.4 Å². The molecule has 1 heterocycles. The second kappa shape index (κ2) is 17.9. The number of aromatic hydroxyl groups is 2. The molecule has 0 amide bonds. The summed E-state index contributed by atoms with van der Waals surface area (Å²) in [7, 11) is 0. The number of nitrogens with zero attached hydrogens (tertiary/aromatic N) is 1. The van der Waals surface area contributed by atoms with Gasteiger partial charge in [0.2, 0.25) is 0 Å². The van der Waals surface area contributed by atoms with Crippen LogP contribution in [0.3, 0.4) is 0 Å². The van der Waals surface area contributed by atoms with Gasteiger partial charge in [-0.25, -0.2) is 4.98 Å². The Morgan fingerprint density at radius 1 is 0.427 bits per heavy atom. The van der Waals surface area contributed by atoms with Crippen LogP contribution < -0.4 is 4.74 Å². The van der Waals surface area contributed by atoms with E-state index >= 15 is 0 Å². The highest BCUT2D eigenvalue weighted by Gasteiger charge is 2.54. The molecule has 392 valence electrons. The van der Waals surface area contributed by atoms with Gasteiger partial charge in [-0.3, -0.25) is 0 Å². The first-order valence-corrected chi connectivity index (χ1v) is 29.2. The van der Waals surface area contributed by atoms with Crippen molar-refractivity contribution in [2.75, 3.05) is 0 Å². The van der Waals surface area contributed by atoms with Gasteiger partial charge in [0, 0.05) is 45.5 Å². The second-order valence-electron chi connectivity index (χ2n) is 29.6. The smallest absolute Gasteiger partial charge is 0.131 e. The first-order chi connectivity index (χ1) is 35.4. The highest BCUT2D eigenvalue weighted by Crippen LogP contribution is 2.65. The van der Waals surface area contributed by atoms with Crippen molar-refractivity contribution in [2.24, 2.45) is 40.9 Å². The number of phenolic OH excluding ortho intramolecular Hbond substituents is 2. The summed E-state index contributed by atoms with van der Waals surface area (Å²) >= 11 is 0. The minimum absolute atomic E-state index is 0.00196. The van der Waals surface area contributed by atoms with Crippen LogP contribution in [0.25, 0.3) is 44.8 Å². The van der Waals surface area contributed by atoms with Crippen molar-refractivity contribution in [1.29, 1.82) is 0 Å². The van der Waals surface area contributed by atoms with Gasteiger partial charge in [-0.15, -0.1) is 0 Å². The summed E-state index contributed by atoms with van der Waals surface area (Å²) in [6, 6.07) is 39.3. The van der Waals surface area contributed by atoms with Gasteiger partial charge < -0.3 is 14.9 Å². The topological polar surface area (TPSA) is 62.6 Å². The molecular weight excluding hydrogens is 915 g/mol. The van der Waals surface area contributed by atoms with E-state index in [0.717, 1.165) is 104 Å². The van der Waals surface area contributed by atoms with Crippen molar-refractivity contribution in [1.82, 2.24) is 4.98 Å². The van der Waals surface area contributed by atoms with Crippen LogP contribution in [-0.2, 0) is 27.1 Å². The lowest BCUT2D eigenvalue weighted by atomic mass is 9.47. The van der Waals surface area contributed by atoms with Gasteiger partial charge in [0.25, 0.3) is 0 Å². The number of hydrogen-bond donors (Lipinski definition) is 2. The fraction of sp³-hybridized carbons (Fsp3) is 0.507. The van der Waals surface area contributed by atoms with Crippen molar-refractivity contribution >= 4 is 0 Å². The lowest BCUT2D eigenvalue weighted by Crippen LogP contribution is -2.48. The van der Waals surface area contributed by atoms with Crippen molar-refractivity contribution in [2.45, 2.75) is 187 Å². The van der Waals surface area contributed by atoms with E-state index in [1.165, 1.54) is 93.7 Å². The van der Waals surface area contributed by atoms with E-state index in [4.69, 9.17) is 9.72 Å². The molecule has 14 rings (SSSR count). The first-order valence-electron chi connectivity index (χ1n) is 29.2. The molecule has 4 nitrogen and oxygen atoms in total. The third kappa shape index (κ3) is 9.34. The third-order valence-electron chi connectivity index (χ3n) is 19.8. The predicted octanol–water partition coefficient (Wildman–Crippen LogP) is 19.2. The van der Waals surface area contributed by atoms with Gasteiger partial charge in [-0.05, 0) is 204 Å². The standard InChI is InChI=1S/C71H85NO3/c1-66(2,3)42-69(10,11)49-20-22-52(23-21-49)75-53-34-62(56-18-14-12-16-54(56)58-30-50(67(4,5)6)32-60(64(58)73)70-36-43-24-44(37-70)26-45(25-43)38-70)72-63(35-53)57-19-15-13-17-55(57)59-31-51(68(7,8)9)33-61(65(59)74)71-39-46-27-47(40-71)29-48(28-46)41-71/h12-23,30-35,43-48,73-74H,24-29,36-42H2,1-11H3. The summed E-state index contributed by atoms with van der Waals surface area (Å²) < 4.78 is 7.01. The van der Waals surface area contributed by atoms with E-state index in [2.05, 4.69) is 185 Å². The Balaban J connectivity index is 1.02. The normalized spacial score (nSPS) is 27.0. The largest absolute Gasteiger partial charge is 0.507 e. The number of benzene rings is 5. The fourth-order valence-electron chi connectivity index (χ4n) is 17.5. The van der Waals surface area contributed by atoms with E-state index in [1.54, 1.807) is 0 Å². The van der Waals surface area contributed by atoms with Crippen LogP contribution in [0.5, 0.6) is 23.0 Å². The SMILES string of the molecule is CC(C)(C)CC(C)(C)c1ccc(Oc2cc(-c3ccccc3-c3cc(C(C)(C)C)cc(C45CC6CC(CC(C6)C4)C5)c3O)nc(-c3ccccc3-c3cc(C(C)(C)C)cc(C45CC6CC(CC(C6)C4)C5)c3O)c2)cc1. The molecule has 8 aliphatic carbocycles. The van der Waals surface area contributed by atoms with E-state index in [1.807, 2.05) is 0 Å². The van der Waals surface area contributed by atoms with Crippen LogP contribution in [0.15, 0.2) is 109 Å². The maximum Gasteiger partial charge on any atom is 0.131 e. The molecule has 8 aliphatic rings. The number of rotatable bonds is 10. The summed E-state index contributed by atoms with van der Waals surface area (Å²) in [4.78, 5) is 5.68. The fourth-order valence-corrected chi connectivity index (χ4v) is 17.5. The Hall–Kier alpha value is -5.35. The van der Waals surface area contributed by atoms with Crippen LogP contribution in [0.1, 0.15) is 187 Å². The Labute approximate surface area is 450 Å². The van der Waals surface area contributed by atoms with Crippen molar-refractivity contribution in [3.63, 3.8) is 0 Å². The zero-order valence-electron chi connectivity index (χ0n) is 47.3. The van der Waals surface area contributed by atoms with E-state index in [-0.39, 0.29) is 32.5 Å². The highest BCUT2D eigenvalue weighted by molar-refractivity contribution is 5.90. The summed E-state index contributed by atoms with van der Waals surface area (Å²) in [6.45, 7) is 25.5. The molecule has 75 heavy (non-hydrogen) atoms. The second-order valence-corrected chi connectivity index (χ2v) is 29.6. The minimum Gasteiger partial charge on any atom is -0.507 e. The van der Waals surface area contributed by atoms with Crippen LogP contribution >= 0.6 is 0 Å². The maximum absolute atomic E-state index is 13.0. The lowest BCUT2D eigenvalue weighted by molar-refractivity contribution is -0.00631. The third-order valence-corrected chi connectivity index (χ3v) is 19.8. The lowest BCUT2D eigenvalue weighted by Gasteiger charge is -2.57. The molecule has 0 saturated heterocycles. The zero-order chi connectivity index (χ0) is 52.6. The number of hydrogen-bond acceptors (Lipinski definition) is 4. The number of phenols is 2. The first kappa shape index (κ1) is 50.5. The van der Waals surface area contributed by atoms with Gasteiger partial charge in [-0.2, -0.15) is 0 Å². The van der Waals surface area contributed by atoms with Crippen molar-refractivity contribution in [3.05, 3.63) is 137 Å². The molecular formula is C71H85NO3. The van der Waals surface area contributed by atoms with Crippen LogP contribution in [0.2, 0.25) is 0 Å². The Morgan fingerprint density at radius 2 is 0.787 bits per heavy atom. The maximum atomic E-state index is 13.0. The number of pyridine rings is 1. The van der Waals surface area contributed by atoms with Gasteiger partial charge >= 0.3 is 0 Å². The Bertz CT molecular complexity index is 2920. The molecule has 4 heteroatoms. The predicted molar refractivity (Wildman–Crippen MR) is 310 cm³/mol. The summed E-state index contributed by atoms with van der Waals surface area (Å²) in [5.41, 5.74) is 13.2. The van der Waals surface area contributed by atoms with Gasteiger partial charge in [0.1, 0.15) is 23.0 Å². The monoisotopic (exact) mass is 1000 g/mol. The average Bonchev–Trinajstić information content (AvgIpc) is 3.34. The summed E-state index contributed by atoms with van der Waals surface area (Å²) in [5.74, 6) is 6.86. The van der Waals surface area contributed by atoms with Crippen molar-refractivity contribution < 1.29 is 14.9 Å². The molecule has 8 bridgehead atoms. The highest BCUT2D eigenvalue weighted by atomic mass is 16.5. The molecule has 0 atom stereocenters. The molecule has 0 radical (unpaired) electrons. The van der Waals surface area contributed by atoms with Crippen LogP contribution in [0.4, 0.5) is 0 Å². The molecule has 0 unspecified atom stereocenters. The van der Waals surface area contributed by atoms with E-state index in [9.17, 15) is 10.2 Å². The van der Waals surface area contributed by atoms with Crippen molar-refractivity contribution in [3.8, 4) is 67.8 Å². The zero-order valence-corrected chi connectivity index (χ0v) is 47.3. The van der Waals surface area contributed by atoms with Crippen LogP contribution in [-0.4, -0.2) is 15.2 Å². The molecule has 0 spiro atoms. The summed E-state index contributed by atoms with van der Waals surface area (Å²) in [6.07, 6.45) is 16.3. The quantitative estimate of drug-likeness (QED) is 0.144. The number of ether oxygens (including phenoxy) is 1. The molecule has 5 aromatic carbocycles. The van der Waals surface area contributed by atoms with Gasteiger partial charge in [0.15, 0.2) is 0 Å². The van der Waals surface area contributed by atoms with Gasteiger partial charge in [-0.1, -0.05) is 149 Å². The Morgan fingerprint density at radius 3 is 1.13 bits per heavy atom. The molecule has 8 saturated carbocycles. The molecule has 8 fully saturated rings. The minimum atomic E-state index is -0.125. The van der Waals surface area contributed by atoms with E-state index < -0.39 is 0 Å². The average molecular weight is 1000 g/mol. The molecule has 0 aliphatic heterocycles. The van der Waals surface area contributed by atoms with Crippen LogP contribution in [0, 0.1) is 40.9 Å². The molecule has 6 aromatic rings. The number of aromatic nitrogens is 1. The Kier molecular flexibility index (Phi) is 12.0. The molecule has 2 N–H and O–H groups in total.